The summed E-state index contributed by atoms with van der Waals surface area (Å²) in [5.74, 6) is 0. The summed E-state index contributed by atoms with van der Waals surface area (Å²) in [6, 6.07) is 0. The summed E-state index contributed by atoms with van der Waals surface area (Å²) in [6.07, 6.45) is 3.58. The SMILES string of the molecule is CC(C)[O-].CC(C)[O-].CC(C)[O-].CCCCC[CH2][Ti+3][C](=O)O. The molecule has 0 saturated carbocycles. The van der Waals surface area contributed by atoms with Crippen LogP contribution in [0.2, 0.25) is 4.73 Å². The second-order valence-corrected chi connectivity index (χ2v) is 7.44. The normalized spacial score (nSPS) is 8.95. The van der Waals surface area contributed by atoms with Crippen LogP contribution >= 0.6 is 0 Å². The van der Waals surface area contributed by atoms with E-state index in [2.05, 4.69) is 6.92 Å². The molecule has 0 aliphatic rings. The van der Waals surface area contributed by atoms with Crippen LogP contribution in [0.4, 0.5) is 4.79 Å². The fourth-order valence-electron chi connectivity index (χ4n) is 0.747. The van der Waals surface area contributed by atoms with Crippen LogP contribution < -0.4 is 15.3 Å². The van der Waals surface area contributed by atoms with E-state index >= 15 is 0 Å². The summed E-state index contributed by atoms with van der Waals surface area (Å²) in [5, 5.41) is 36.9. The first-order chi connectivity index (χ1) is 9.97. The van der Waals surface area contributed by atoms with Crippen LogP contribution in [-0.4, -0.2) is 27.7 Å². The van der Waals surface area contributed by atoms with E-state index in [-0.39, 0.29) is 0 Å². The van der Waals surface area contributed by atoms with E-state index < -0.39 is 41.7 Å². The zero-order valence-electron chi connectivity index (χ0n) is 15.3. The Morgan fingerprint density at radius 2 is 1.18 bits per heavy atom. The molecule has 0 aromatic rings. The Morgan fingerprint density at radius 1 is 0.864 bits per heavy atom. The predicted octanol–water partition coefficient (Wildman–Crippen LogP) is 2.01. The van der Waals surface area contributed by atoms with Gasteiger partial charge in [0.15, 0.2) is 0 Å². The Morgan fingerprint density at radius 3 is 1.41 bits per heavy atom. The van der Waals surface area contributed by atoms with Crippen LogP contribution in [0, 0.1) is 0 Å². The quantitative estimate of drug-likeness (QED) is 0.579. The van der Waals surface area contributed by atoms with Crippen molar-refractivity contribution < 1.29 is 44.4 Å². The standard InChI is InChI=1S/C6H13.3C3H7O.CHO2.Ti/c1-3-5-6-4-2;3*1-3(2)4;2-1-3;/h1,3-6H2,2H3;3*3H,1-2H3;(H,2,3);/q;3*-1;;+3. The summed E-state index contributed by atoms with van der Waals surface area (Å²) in [4.78, 5) is 10.1. The van der Waals surface area contributed by atoms with Crippen LogP contribution in [0.5, 0.6) is 0 Å². The molecule has 0 saturated heterocycles. The molecule has 0 rings (SSSR count). The van der Waals surface area contributed by atoms with Gasteiger partial charge in [-0.3, -0.25) is 0 Å². The number of hydrogen-bond donors (Lipinski definition) is 1. The van der Waals surface area contributed by atoms with Crippen LogP contribution in [0.1, 0.15) is 74.1 Å². The first-order valence-corrected chi connectivity index (χ1v) is 9.79. The van der Waals surface area contributed by atoms with Gasteiger partial charge >= 0.3 is 70.7 Å². The fourth-order valence-corrected chi connectivity index (χ4v) is 1.75. The Bertz CT molecular complexity index is 174. The molecular weight excluding hydrogens is 320 g/mol. The molecular formula is C16H35O5Ti. The van der Waals surface area contributed by atoms with Crippen LogP contribution in [0.3, 0.4) is 0 Å². The van der Waals surface area contributed by atoms with E-state index in [1.54, 1.807) is 41.5 Å². The molecule has 0 aromatic carbocycles. The summed E-state index contributed by atoms with van der Waals surface area (Å²) < 4.78 is 0.423. The van der Waals surface area contributed by atoms with E-state index in [0.717, 1.165) is 11.1 Å². The van der Waals surface area contributed by atoms with Gasteiger partial charge in [-0.05, 0) is 0 Å². The van der Waals surface area contributed by atoms with E-state index in [0.29, 0.717) is 0 Å². The van der Waals surface area contributed by atoms with E-state index in [1.165, 1.54) is 19.3 Å². The van der Waals surface area contributed by atoms with Gasteiger partial charge in [0, 0.05) is 0 Å². The van der Waals surface area contributed by atoms with Gasteiger partial charge in [-0.1, -0.05) is 41.5 Å². The van der Waals surface area contributed by atoms with Crippen molar-refractivity contribution in [2.45, 2.75) is 97.2 Å². The molecule has 133 valence electrons. The van der Waals surface area contributed by atoms with Crippen molar-refractivity contribution in [1.82, 2.24) is 0 Å². The molecule has 0 aromatic heterocycles. The molecule has 0 aliphatic heterocycles. The van der Waals surface area contributed by atoms with Crippen molar-refractivity contribution >= 4 is 4.27 Å². The Balaban J connectivity index is -0.000000112. The molecule has 0 spiro atoms. The summed E-state index contributed by atoms with van der Waals surface area (Å²) in [7, 11) is 0. The van der Waals surface area contributed by atoms with Gasteiger partial charge in [-0.2, -0.15) is 0 Å². The van der Waals surface area contributed by atoms with Gasteiger partial charge in [0.05, 0.1) is 0 Å². The van der Waals surface area contributed by atoms with Gasteiger partial charge in [-0.25, -0.2) is 0 Å². The molecule has 0 fully saturated rings. The molecule has 6 heteroatoms. The molecule has 1 N–H and O–H groups in total. The number of hydrogen-bond acceptors (Lipinski definition) is 4. The van der Waals surface area contributed by atoms with Gasteiger partial charge in [0.25, 0.3) is 0 Å². The molecule has 0 bridgehead atoms. The van der Waals surface area contributed by atoms with Gasteiger partial charge in [0.1, 0.15) is 0 Å². The minimum atomic E-state index is -0.655. The molecule has 0 aliphatic carbocycles. The third kappa shape index (κ3) is 146. The van der Waals surface area contributed by atoms with Gasteiger partial charge in [-0.15, -0.1) is 18.3 Å². The summed E-state index contributed by atoms with van der Waals surface area (Å²) in [6.45, 7) is 11.8. The maximum atomic E-state index is 10.1. The molecule has 5 nitrogen and oxygen atoms in total. The van der Waals surface area contributed by atoms with Crippen LogP contribution in [-0.2, 0) is 19.2 Å². The van der Waals surface area contributed by atoms with Crippen molar-refractivity contribution in [3.8, 4) is 0 Å². The Hall–Kier alpha value is 0.0643. The monoisotopic (exact) mass is 355 g/mol. The second kappa shape index (κ2) is 26.0. The van der Waals surface area contributed by atoms with Crippen molar-refractivity contribution in [3.05, 3.63) is 0 Å². The van der Waals surface area contributed by atoms with Crippen molar-refractivity contribution in [2.24, 2.45) is 0 Å². The third-order valence-electron chi connectivity index (χ3n) is 1.31. The van der Waals surface area contributed by atoms with Crippen LogP contribution in [0.15, 0.2) is 0 Å². The van der Waals surface area contributed by atoms with E-state index in [4.69, 9.17) is 5.11 Å². The number of carboxylic acid groups (broad SMARTS) is 1. The molecule has 0 amide bonds. The summed E-state index contributed by atoms with van der Waals surface area (Å²) in [5.41, 5.74) is 0. The Labute approximate surface area is 146 Å². The first kappa shape index (κ1) is 30.0. The molecule has 0 unspecified atom stereocenters. The topological polar surface area (TPSA) is 106 Å². The third-order valence-corrected chi connectivity index (χ3v) is 2.72. The number of rotatable bonds is 6. The van der Waals surface area contributed by atoms with Crippen LogP contribution in [0.25, 0.3) is 0 Å². The zero-order valence-corrected chi connectivity index (χ0v) is 16.9. The fraction of sp³-hybridized carbons (Fsp3) is 0.938. The molecule has 0 radical (unpaired) electrons. The average Bonchev–Trinajstić information content (AvgIpc) is 2.26. The zero-order chi connectivity index (χ0) is 18.6. The minimum absolute atomic E-state index is 0.417. The van der Waals surface area contributed by atoms with Gasteiger partial charge < -0.3 is 15.3 Å². The molecule has 0 atom stereocenters. The first-order valence-electron chi connectivity index (χ1n) is 7.91. The van der Waals surface area contributed by atoms with E-state index in [9.17, 15) is 20.1 Å². The van der Waals surface area contributed by atoms with Crippen molar-refractivity contribution in [2.75, 3.05) is 0 Å². The van der Waals surface area contributed by atoms with E-state index in [1.807, 2.05) is 0 Å². The van der Waals surface area contributed by atoms with Gasteiger partial charge in [0.2, 0.25) is 0 Å². The summed E-state index contributed by atoms with van der Waals surface area (Å²) >= 11 is -0.655. The van der Waals surface area contributed by atoms with Crippen molar-refractivity contribution in [3.63, 3.8) is 0 Å². The second-order valence-electron chi connectivity index (χ2n) is 5.44. The maximum absolute atomic E-state index is 10.1. The number of carbonyl (C=O) groups is 1. The Kier molecular flexibility index (Phi) is 35.4. The predicted molar refractivity (Wildman–Crippen MR) is 82.4 cm³/mol. The molecule has 0 heterocycles. The van der Waals surface area contributed by atoms with Crippen molar-refractivity contribution in [1.29, 1.82) is 0 Å². The number of unbranched alkanes of at least 4 members (excludes halogenated alkanes) is 3. The molecule has 22 heavy (non-hydrogen) atoms. The average molecular weight is 355 g/mol.